The average Bonchev–Trinajstić information content (AvgIpc) is 3.00. The topological polar surface area (TPSA) is 77.4 Å². The van der Waals surface area contributed by atoms with E-state index in [1.807, 2.05) is 13.0 Å². The van der Waals surface area contributed by atoms with Crippen molar-refractivity contribution in [1.29, 1.82) is 0 Å². The molecule has 6 rings (SSSR count). The molecule has 6 aromatic rings. The lowest BCUT2D eigenvalue weighted by molar-refractivity contribution is 0.232. The smallest absolute Gasteiger partial charge is 0.320 e. The summed E-state index contributed by atoms with van der Waals surface area (Å²) >= 11 is 0. The molecule has 41 heavy (non-hydrogen) atoms. The first-order valence-electron chi connectivity index (χ1n) is 14.6. The van der Waals surface area contributed by atoms with E-state index in [4.69, 9.17) is 14.5 Å². The molecule has 6 heteroatoms. The third-order valence-corrected chi connectivity index (χ3v) is 7.90. The molecular weight excluding hydrogens is 510 g/mol. The summed E-state index contributed by atoms with van der Waals surface area (Å²) in [6.07, 6.45) is 4.59. The number of nitrogens with zero attached hydrogens (tertiary/aromatic N) is 3. The first-order valence-corrected chi connectivity index (χ1v) is 14.6. The van der Waals surface area contributed by atoms with E-state index in [2.05, 4.69) is 78.4 Å². The van der Waals surface area contributed by atoms with Crippen LogP contribution in [0.25, 0.3) is 55.1 Å². The zero-order chi connectivity index (χ0) is 28.3. The van der Waals surface area contributed by atoms with Crippen LogP contribution in [0.4, 0.5) is 0 Å². The Labute approximate surface area is 240 Å². The molecule has 0 fully saturated rings. The van der Waals surface area contributed by atoms with Crippen LogP contribution in [0.3, 0.4) is 0 Å². The normalized spacial score (nSPS) is 12.4. The lowest BCUT2D eigenvalue weighted by atomic mass is 9.92. The Balaban J connectivity index is 1.40. The highest BCUT2D eigenvalue weighted by Crippen LogP contribution is 2.39. The van der Waals surface area contributed by atoms with E-state index >= 15 is 0 Å². The van der Waals surface area contributed by atoms with Gasteiger partial charge >= 0.3 is 6.01 Å². The summed E-state index contributed by atoms with van der Waals surface area (Å²) in [5.41, 5.74) is 1.38. The number of hydrogen-bond acceptors (Lipinski definition) is 6. The van der Waals surface area contributed by atoms with Gasteiger partial charge in [-0.1, -0.05) is 81.6 Å². The molecule has 1 N–H and O–H groups in total. The zero-order valence-electron chi connectivity index (χ0n) is 23.9. The standard InChI is InChI=1S/C35H35N3O3/c1-4-7-9-22(5-2)21-41-26-16-19-29(30(39)20-26)34-36-33(37-35(38-34)40-6-3)28-18-15-25-13-12-23-10-8-11-24-14-17-27(28)32(25)31(23)24/h8,10-20,22,39H,4-7,9,21H2,1-3H3. The van der Waals surface area contributed by atoms with E-state index in [-0.39, 0.29) is 11.8 Å². The fourth-order valence-electron chi connectivity index (χ4n) is 5.62. The van der Waals surface area contributed by atoms with Crippen molar-refractivity contribution < 1.29 is 14.6 Å². The number of benzene rings is 5. The Morgan fingerprint density at radius 2 is 1.41 bits per heavy atom. The van der Waals surface area contributed by atoms with Gasteiger partial charge in [0.1, 0.15) is 11.5 Å². The maximum absolute atomic E-state index is 11.0. The highest BCUT2D eigenvalue weighted by Gasteiger charge is 2.18. The van der Waals surface area contributed by atoms with Crippen LogP contribution in [0.2, 0.25) is 0 Å². The molecule has 0 aliphatic rings. The van der Waals surface area contributed by atoms with Gasteiger partial charge in [-0.05, 0) is 69.8 Å². The summed E-state index contributed by atoms with van der Waals surface area (Å²) in [6, 6.07) is 24.7. The van der Waals surface area contributed by atoms with Crippen LogP contribution >= 0.6 is 0 Å². The van der Waals surface area contributed by atoms with Crippen LogP contribution in [-0.2, 0) is 0 Å². The monoisotopic (exact) mass is 545 g/mol. The van der Waals surface area contributed by atoms with Gasteiger partial charge in [0.2, 0.25) is 0 Å². The van der Waals surface area contributed by atoms with E-state index in [0.717, 1.165) is 23.8 Å². The van der Waals surface area contributed by atoms with Gasteiger partial charge in [0.05, 0.1) is 18.8 Å². The summed E-state index contributed by atoms with van der Waals surface area (Å²) in [7, 11) is 0. The summed E-state index contributed by atoms with van der Waals surface area (Å²) < 4.78 is 11.8. The van der Waals surface area contributed by atoms with Gasteiger partial charge in [-0.3, -0.25) is 0 Å². The van der Waals surface area contributed by atoms with E-state index in [9.17, 15) is 5.11 Å². The van der Waals surface area contributed by atoms with Crippen molar-refractivity contribution in [1.82, 2.24) is 15.0 Å². The molecule has 1 atom stereocenters. The molecule has 0 aliphatic carbocycles. The van der Waals surface area contributed by atoms with Crippen LogP contribution in [0, 0.1) is 5.92 Å². The van der Waals surface area contributed by atoms with Crippen molar-refractivity contribution in [3.05, 3.63) is 72.8 Å². The molecule has 1 aromatic heterocycles. The van der Waals surface area contributed by atoms with Gasteiger partial charge < -0.3 is 14.6 Å². The van der Waals surface area contributed by atoms with Crippen LogP contribution in [0.15, 0.2) is 72.8 Å². The predicted octanol–water partition coefficient (Wildman–Crippen LogP) is 8.80. The number of aromatic nitrogens is 3. The first kappa shape index (κ1) is 26.8. The molecule has 5 aromatic carbocycles. The Bertz CT molecular complexity index is 1800. The lowest BCUT2D eigenvalue weighted by Gasteiger charge is -2.16. The van der Waals surface area contributed by atoms with Gasteiger partial charge in [-0.2, -0.15) is 9.97 Å². The third kappa shape index (κ3) is 5.22. The molecule has 0 saturated heterocycles. The molecule has 0 saturated carbocycles. The highest BCUT2D eigenvalue weighted by molar-refractivity contribution is 6.25. The number of rotatable bonds is 11. The van der Waals surface area contributed by atoms with Crippen molar-refractivity contribution in [2.45, 2.75) is 46.5 Å². The minimum Gasteiger partial charge on any atom is -0.507 e. The summed E-state index contributed by atoms with van der Waals surface area (Å²) in [5.74, 6) is 2.04. The van der Waals surface area contributed by atoms with Crippen LogP contribution < -0.4 is 9.47 Å². The Morgan fingerprint density at radius 1 is 0.732 bits per heavy atom. The van der Waals surface area contributed by atoms with E-state index in [1.54, 1.807) is 12.1 Å². The molecule has 0 spiro atoms. The van der Waals surface area contributed by atoms with Gasteiger partial charge in [0, 0.05) is 11.6 Å². The molecule has 1 heterocycles. The van der Waals surface area contributed by atoms with Gasteiger partial charge in [-0.15, -0.1) is 0 Å². The van der Waals surface area contributed by atoms with Crippen LogP contribution in [-0.4, -0.2) is 33.3 Å². The quantitative estimate of drug-likeness (QED) is 0.164. The minimum atomic E-state index is 0.0547. The highest BCUT2D eigenvalue weighted by atomic mass is 16.5. The van der Waals surface area contributed by atoms with Crippen molar-refractivity contribution in [3.63, 3.8) is 0 Å². The fourth-order valence-corrected chi connectivity index (χ4v) is 5.62. The largest absolute Gasteiger partial charge is 0.507 e. The van der Waals surface area contributed by atoms with E-state index in [1.165, 1.54) is 39.8 Å². The second kappa shape index (κ2) is 11.6. The fraction of sp³-hybridized carbons (Fsp3) is 0.286. The molecule has 0 radical (unpaired) electrons. The average molecular weight is 546 g/mol. The van der Waals surface area contributed by atoms with Crippen molar-refractivity contribution >= 4 is 32.3 Å². The maximum atomic E-state index is 11.0. The number of phenols is 1. The second-order valence-corrected chi connectivity index (χ2v) is 10.6. The van der Waals surface area contributed by atoms with Crippen molar-refractivity contribution in [2.75, 3.05) is 13.2 Å². The summed E-state index contributed by atoms with van der Waals surface area (Å²) in [5, 5.41) is 18.1. The molecule has 0 amide bonds. The molecule has 6 nitrogen and oxygen atoms in total. The SMILES string of the molecule is CCCCC(CC)COc1ccc(-c2nc(OCC)nc(-c3ccc4ccc5cccc6ccc3c4c56)n2)c(O)c1. The Kier molecular flexibility index (Phi) is 7.55. The molecule has 0 aliphatic heterocycles. The number of hydrogen-bond donors (Lipinski definition) is 1. The van der Waals surface area contributed by atoms with Gasteiger partial charge in [0.15, 0.2) is 11.6 Å². The second-order valence-electron chi connectivity index (χ2n) is 10.6. The Morgan fingerprint density at radius 3 is 2.12 bits per heavy atom. The number of aromatic hydroxyl groups is 1. The zero-order valence-corrected chi connectivity index (χ0v) is 23.9. The van der Waals surface area contributed by atoms with E-state index in [0.29, 0.717) is 42.1 Å². The van der Waals surface area contributed by atoms with Gasteiger partial charge in [0.25, 0.3) is 0 Å². The predicted molar refractivity (Wildman–Crippen MR) is 166 cm³/mol. The molecule has 0 bridgehead atoms. The number of unbranched alkanes of at least 4 members (excludes halogenated alkanes) is 1. The maximum Gasteiger partial charge on any atom is 0.320 e. The van der Waals surface area contributed by atoms with E-state index < -0.39 is 0 Å². The molecular formula is C35H35N3O3. The number of phenolic OH excluding ortho intramolecular Hbond substituents is 1. The van der Waals surface area contributed by atoms with Crippen LogP contribution in [0.1, 0.15) is 46.5 Å². The lowest BCUT2D eigenvalue weighted by Crippen LogP contribution is -2.11. The first-order chi connectivity index (χ1) is 20.1. The third-order valence-electron chi connectivity index (χ3n) is 7.90. The summed E-state index contributed by atoms with van der Waals surface area (Å²) in [4.78, 5) is 14.1. The molecule has 208 valence electrons. The van der Waals surface area contributed by atoms with Crippen molar-refractivity contribution in [2.24, 2.45) is 5.92 Å². The minimum absolute atomic E-state index is 0.0547. The summed E-state index contributed by atoms with van der Waals surface area (Å²) in [6.45, 7) is 7.34. The molecule has 1 unspecified atom stereocenters. The Hall–Kier alpha value is -4.45. The van der Waals surface area contributed by atoms with Gasteiger partial charge in [-0.25, -0.2) is 4.98 Å². The van der Waals surface area contributed by atoms with Crippen LogP contribution in [0.5, 0.6) is 17.5 Å². The van der Waals surface area contributed by atoms with Crippen molar-refractivity contribution in [3.8, 4) is 40.3 Å². The number of ether oxygens (including phenoxy) is 2.